The van der Waals surface area contributed by atoms with E-state index in [0.29, 0.717) is 22.4 Å². The van der Waals surface area contributed by atoms with Gasteiger partial charge in [-0.25, -0.2) is 0 Å². The molecule has 2 aromatic rings. The first kappa shape index (κ1) is 18.5. The van der Waals surface area contributed by atoms with E-state index in [1.54, 1.807) is 12.0 Å². The summed E-state index contributed by atoms with van der Waals surface area (Å²) < 4.78 is 11.8. The molecule has 0 saturated carbocycles. The molecular weight excluding hydrogens is 366 g/mol. The molecule has 1 aliphatic heterocycles. The fourth-order valence-corrected chi connectivity index (χ4v) is 3.94. The lowest BCUT2D eigenvalue weighted by Gasteiger charge is -2.11. The van der Waals surface area contributed by atoms with Gasteiger partial charge < -0.3 is 9.47 Å². The molecule has 3 rings (SSSR count). The van der Waals surface area contributed by atoms with Crippen LogP contribution in [0.5, 0.6) is 11.5 Å². The third-order valence-corrected chi connectivity index (χ3v) is 5.30. The van der Waals surface area contributed by atoms with Crippen LogP contribution in [-0.2, 0) is 11.4 Å². The van der Waals surface area contributed by atoms with Gasteiger partial charge in [-0.2, -0.15) is 0 Å². The predicted molar refractivity (Wildman–Crippen MR) is 109 cm³/mol. The molecule has 0 aliphatic carbocycles. The fraction of sp³-hybridized carbons (Fsp3) is 0.200. The number of likely N-dealkylation sites (N-methyl/N-ethyl adjacent to an activating group) is 1. The third kappa shape index (κ3) is 4.08. The van der Waals surface area contributed by atoms with Gasteiger partial charge in [0.15, 0.2) is 0 Å². The van der Waals surface area contributed by atoms with Crippen molar-refractivity contribution in [1.82, 2.24) is 4.90 Å². The van der Waals surface area contributed by atoms with Crippen molar-refractivity contribution < 1.29 is 14.3 Å². The number of rotatable bonds is 6. The fourth-order valence-electron chi connectivity index (χ4n) is 2.57. The third-order valence-electron chi connectivity index (χ3n) is 3.92. The van der Waals surface area contributed by atoms with Crippen LogP contribution in [0.3, 0.4) is 0 Å². The minimum Gasteiger partial charge on any atom is -0.497 e. The topological polar surface area (TPSA) is 38.8 Å². The molecule has 0 radical (unpaired) electrons. The highest BCUT2D eigenvalue weighted by atomic mass is 32.2. The van der Waals surface area contributed by atoms with E-state index in [0.717, 1.165) is 22.6 Å². The molecule has 1 fully saturated rings. The van der Waals surface area contributed by atoms with Crippen molar-refractivity contribution in [2.75, 3.05) is 13.7 Å². The van der Waals surface area contributed by atoms with Crippen molar-refractivity contribution in [3.8, 4) is 11.5 Å². The summed E-state index contributed by atoms with van der Waals surface area (Å²) in [4.78, 5) is 14.6. The second kappa shape index (κ2) is 8.38. The van der Waals surface area contributed by atoms with Crippen molar-refractivity contribution in [1.29, 1.82) is 0 Å². The molecule has 0 atom stereocenters. The smallest absolute Gasteiger partial charge is 0.266 e. The summed E-state index contributed by atoms with van der Waals surface area (Å²) in [6, 6.07) is 15.4. The predicted octanol–water partition coefficient (Wildman–Crippen LogP) is 4.50. The molecule has 6 heteroatoms. The van der Waals surface area contributed by atoms with Gasteiger partial charge >= 0.3 is 0 Å². The monoisotopic (exact) mass is 385 g/mol. The number of carbonyl (C=O) groups is 1. The Kier molecular flexibility index (Phi) is 5.96. The Morgan fingerprint density at radius 1 is 1.19 bits per heavy atom. The van der Waals surface area contributed by atoms with Gasteiger partial charge in [-0.1, -0.05) is 54.3 Å². The van der Waals surface area contributed by atoms with Crippen LogP contribution < -0.4 is 9.47 Å². The summed E-state index contributed by atoms with van der Waals surface area (Å²) in [6.07, 6.45) is 1.84. The largest absolute Gasteiger partial charge is 0.497 e. The van der Waals surface area contributed by atoms with E-state index in [2.05, 4.69) is 0 Å². The highest BCUT2D eigenvalue weighted by Gasteiger charge is 2.30. The van der Waals surface area contributed by atoms with Gasteiger partial charge in [-0.05, 0) is 36.8 Å². The Morgan fingerprint density at radius 3 is 2.73 bits per heavy atom. The zero-order valence-electron chi connectivity index (χ0n) is 14.6. The average molecular weight is 386 g/mol. The average Bonchev–Trinajstić information content (AvgIpc) is 2.94. The summed E-state index contributed by atoms with van der Waals surface area (Å²) in [7, 11) is 1.64. The van der Waals surface area contributed by atoms with Crippen molar-refractivity contribution >= 4 is 40.3 Å². The summed E-state index contributed by atoms with van der Waals surface area (Å²) in [6.45, 7) is 2.91. The molecule has 1 amide bonds. The van der Waals surface area contributed by atoms with Crippen LogP contribution >= 0.6 is 24.0 Å². The van der Waals surface area contributed by atoms with E-state index in [-0.39, 0.29) is 5.91 Å². The molecule has 0 aromatic heterocycles. The van der Waals surface area contributed by atoms with E-state index >= 15 is 0 Å². The molecule has 134 valence electrons. The number of hydrogen-bond donors (Lipinski definition) is 0. The first-order valence-corrected chi connectivity index (χ1v) is 9.45. The minimum atomic E-state index is -0.0508. The van der Waals surface area contributed by atoms with Gasteiger partial charge in [0.2, 0.25) is 0 Å². The maximum atomic E-state index is 12.4. The molecule has 0 bridgehead atoms. The van der Waals surface area contributed by atoms with E-state index in [1.807, 2.05) is 61.5 Å². The van der Waals surface area contributed by atoms with Crippen LogP contribution in [0.4, 0.5) is 0 Å². The van der Waals surface area contributed by atoms with Crippen molar-refractivity contribution in [3.05, 3.63) is 64.6 Å². The van der Waals surface area contributed by atoms with Crippen molar-refractivity contribution in [2.24, 2.45) is 0 Å². The molecule has 26 heavy (non-hydrogen) atoms. The van der Waals surface area contributed by atoms with E-state index < -0.39 is 0 Å². The molecule has 4 nitrogen and oxygen atoms in total. The van der Waals surface area contributed by atoms with Gasteiger partial charge in [0, 0.05) is 12.1 Å². The van der Waals surface area contributed by atoms with E-state index in [4.69, 9.17) is 21.7 Å². The van der Waals surface area contributed by atoms with Crippen LogP contribution in [0.1, 0.15) is 18.1 Å². The number of methoxy groups -OCH3 is 1. The molecule has 0 N–H and O–H groups in total. The molecule has 0 spiro atoms. The Balaban J connectivity index is 1.79. The van der Waals surface area contributed by atoms with E-state index in [1.165, 1.54) is 11.8 Å². The van der Waals surface area contributed by atoms with Gasteiger partial charge in [-0.3, -0.25) is 9.69 Å². The molecule has 0 unspecified atom stereocenters. The number of ether oxygens (including phenoxy) is 2. The highest BCUT2D eigenvalue weighted by Crippen LogP contribution is 2.34. The lowest BCUT2D eigenvalue weighted by atomic mass is 10.1. The van der Waals surface area contributed by atoms with Crippen LogP contribution in [0, 0.1) is 0 Å². The Morgan fingerprint density at radius 2 is 2.00 bits per heavy atom. The normalized spacial score (nSPS) is 15.6. The Bertz CT molecular complexity index is 864. The summed E-state index contributed by atoms with van der Waals surface area (Å²) in [5.74, 6) is 1.46. The zero-order chi connectivity index (χ0) is 18.5. The molecule has 1 heterocycles. The molecular formula is C20H19NO3S2. The number of thioether (sulfide) groups is 1. The lowest BCUT2D eigenvalue weighted by molar-refractivity contribution is -0.121. The lowest BCUT2D eigenvalue weighted by Crippen LogP contribution is -2.27. The molecule has 1 saturated heterocycles. The SMILES string of the molecule is CCN1C(=O)C(=Cc2ccccc2OCc2cccc(OC)c2)SC1=S. The number of thiocarbonyl (C=S) groups is 1. The first-order valence-electron chi connectivity index (χ1n) is 8.22. The second-order valence-electron chi connectivity index (χ2n) is 5.60. The number of benzene rings is 2. The standard InChI is InChI=1S/C20H19NO3S2/c1-3-21-19(22)18(26-20(21)25)12-15-8-4-5-10-17(15)24-13-14-7-6-9-16(11-14)23-2/h4-12H,3,13H2,1-2H3. The van der Waals surface area contributed by atoms with Crippen LogP contribution in [0.2, 0.25) is 0 Å². The first-order chi connectivity index (χ1) is 12.6. The summed E-state index contributed by atoms with van der Waals surface area (Å²) >= 11 is 6.59. The van der Waals surface area contributed by atoms with Crippen LogP contribution in [0.15, 0.2) is 53.4 Å². The Labute approximate surface area is 162 Å². The summed E-state index contributed by atoms with van der Waals surface area (Å²) in [5, 5.41) is 0. The number of carbonyl (C=O) groups excluding carboxylic acids is 1. The highest BCUT2D eigenvalue weighted by molar-refractivity contribution is 8.26. The van der Waals surface area contributed by atoms with Crippen molar-refractivity contribution in [3.63, 3.8) is 0 Å². The maximum Gasteiger partial charge on any atom is 0.266 e. The number of amides is 1. The van der Waals surface area contributed by atoms with Gasteiger partial charge in [-0.15, -0.1) is 0 Å². The van der Waals surface area contributed by atoms with Gasteiger partial charge in [0.25, 0.3) is 5.91 Å². The van der Waals surface area contributed by atoms with E-state index in [9.17, 15) is 4.79 Å². The Hall–Kier alpha value is -2.31. The van der Waals surface area contributed by atoms with Gasteiger partial charge in [0.1, 0.15) is 22.4 Å². The summed E-state index contributed by atoms with van der Waals surface area (Å²) in [5.41, 5.74) is 1.86. The van der Waals surface area contributed by atoms with Crippen LogP contribution in [-0.4, -0.2) is 28.8 Å². The number of para-hydroxylation sites is 1. The van der Waals surface area contributed by atoms with Crippen molar-refractivity contribution in [2.45, 2.75) is 13.5 Å². The molecule has 1 aliphatic rings. The quantitative estimate of drug-likeness (QED) is 0.541. The maximum absolute atomic E-state index is 12.4. The van der Waals surface area contributed by atoms with Gasteiger partial charge in [0.05, 0.1) is 12.0 Å². The minimum absolute atomic E-state index is 0.0508. The second-order valence-corrected chi connectivity index (χ2v) is 7.28. The van der Waals surface area contributed by atoms with Crippen LogP contribution in [0.25, 0.3) is 6.08 Å². The number of hydrogen-bond acceptors (Lipinski definition) is 5. The zero-order valence-corrected chi connectivity index (χ0v) is 16.2. The number of nitrogens with zero attached hydrogens (tertiary/aromatic N) is 1. The molecule has 2 aromatic carbocycles.